The molecule has 7 nitrogen and oxygen atoms in total. The van der Waals surface area contributed by atoms with Gasteiger partial charge in [-0.15, -0.1) is 11.3 Å². The van der Waals surface area contributed by atoms with Gasteiger partial charge in [0.05, 0.1) is 4.88 Å². The second kappa shape index (κ2) is 11.2. The first-order valence-electron chi connectivity index (χ1n) is 10.6. The van der Waals surface area contributed by atoms with Crippen LogP contribution in [0.3, 0.4) is 0 Å². The zero-order chi connectivity index (χ0) is 23.1. The second-order valence-corrected chi connectivity index (χ2v) is 9.33. The molecule has 2 aromatic carbocycles. The van der Waals surface area contributed by atoms with E-state index in [1.54, 1.807) is 11.5 Å². The molecular weight excluding hydrogens is 426 g/mol. The molecule has 1 aromatic heterocycles. The first-order valence-corrected chi connectivity index (χ1v) is 11.4. The summed E-state index contributed by atoms with van der Waals surface area (Å²) in [5.41, 5.74) is 4.97. The summed E-state index contributed by atoms with van der Waals surface area (Å²) < 4.78 is 0.997. The largest absolute Gasteiger partial charge is 0.480 e. The molecule has 0 saturated heterocycles. The van der Waals surface area contributed by atoms with Gasteiger partial charge in [0.2, 0.25) is 0 Å². The Balaban J connectivity index is 1.50. The molecule has 0 aliphatic carbocycles. The van der Waals surface area contributed by atoms with E-state index in [4.69, 9.17) is 5.21 Å². The van der Waals surface area contributed by atoms with Crippen molar-refractivity contribution < 1.29 is 19.9 Å². The molecule has 0 bridgehead atoms. The van der Waals surface area contributed by atoms with Crippen LogP contribution in [0.4, 0.5) is 0 Å². The molecule has 8 heteroatoms. The summed E-state index contributed by atoms with van der Waals surface area (Å²) >= 11 is 1.34. The average Bonchev–Trinajstić information content (AvgIpc) is 3.20. The van der Waals surface area contributed by atoms with Crippen molar-refractivity contribution >= 4 is 33.3 Å². The van der Waals surface area contributed by atoms with Gasteiger partial charge in [-0.1, -0.05) is 50.2 Å². The summed E-state index contributed by atoms with van der Waals surface area (Å²) in [7, 11) is 0. The number of fused-ring (bicyclic) bond motifs is 1. The number of hydroxylamine groups is 1. The predicted molar refractivity (Wildman–Crippen MR) is 126 cm³/mol. The monoisotopic (exact) mass is 455 g/mol. The molecule has 0 fully saturated rings. The summed E-state index contributed by atoms with van der Waals surface area (Å²) in [6.45, 7) is 5.96. The lowest BCUT2D eigenvalue weighted by atomic mass is 10.0. The first-order chi connectivity index (χ1) is 15.4. The van der Waals surface area contributed by atoms with Crippen LogP contribution in [0.15, 0.2) is 48.5 Å². The lowest BCUT2D eigenvalue weighted by Crippen LogP contribution is -2.37. The van der Waals surface area contributed by atoms with E-state index in [-0.39, 0.29) is 0 Å². The van der Waals surface area contributed by atoms with E-state index in [9.17, 15) is 14.7 Å². The van der Waals surface area contributed by atoms with Gasteiger partial charge >= 0.3 is 5.97 Å². The maximum atomic E-state index is 11.6. The van der Waals surface area contributed by atoms with E-state index in [0.717, 1.165) is 26.8 Å². The summed E-state index contributed by atoms with van der Waals surface area (Å²) in [6, 6.07) is 15.4. The molecule has 1 amide bonds. The summed E-state index contributed by atoms with van der Waals surface area (Å²) in [5, 5.41) is 25.6. The number of hydrogen-bond acceptors (Lipinski definition) is 6. The van der Waals surface area contributed by atoms with Crippen molar-refractivity contribution in [1.29, 1.82) is 0 Å². The summed E-state index contributed by atoms with van der Waals surface area (Å²) in [6.07, 6.45) is 0.602. The topological polar surface area (TPSA) is 111 Å². The van der Waals surface area contributed by atoms with Crippen molar-refractivity contribution in [3.8, 4) is 0 Å². The fraction of sp³-hybridized carbons (Fsp3) is 0.333. The normalized spacial score (nSPS) is 12.2. The highest BCUT2D eigenvalue weighted by Gasteiger charge is 2.17. The summed E-state index contributed by atoms with van der Waals surface area (Å²) in [5.74, 6) is -0.990. The smallest absolute Gasteiger partial charge is 0.320 e. The number of amides is 1. The molecular formula is C24H29N3O4S. The molecule has 1 atom stereocenters. The molecule has 0 radical (unpaired) electrons. The third-order valence-electron chi connectivity index (χ3n) is 5.15. The van der Waals surface area contributed by atoms with Gasteiger partial charge in [-0.25, -0.2) is 5.48 Å². The van der Waals surface area contributed by atoms with Crippen LogP contribution in [0.2, 0.25) is 0 Å². The predicted octanol–water partition coefficient (Wildman–Crippen LogP) is 3.90. The highest BCUT2D eigenvalue weighted by Crippen LogP contribution is 2.26. The third-order valence-corrected chi connectivity index (χ3v) is 6.25. The first kappa shape index (κ1) is 23.9. The molecule has 0 unspecified atom stereocenters. The standard InChI is InChI=1S/C24H29N3O4S/c1-15(2)9-20(24(29)30)26-14-17-5-3-16(4-6-17)12-25-13-18-7-8-19-11-22(23(28)27-31)32-21(19)10-18/h3-8,10-11,15,20,25-26,31H,9,12-14H2,1-2H3,(H,27,28)(H,29,30)/t20-/m0/s1. The molecule has 32 heavy (non-hydrogen) atoms. The average molecular weight is 456 g/mol. The van der Waals surface area contributed by atoms with Crippen molar-refractivity contribution in [3.05, 3.63) is 70.1 Å². The molecule has 170 valence electrons. The van der Waals surface area contributed by atoms with Gasteiger partial charge in [0.25, 0.3) is 5.91 Å². The van der Waals surface area contributed by atoms with Crippen LogP contribution in [0.5, 0.6) is 0 Å². The van der Waals surface area contributed by atoms with Crippen molar-refractivity contribution in [3.63, 3.8) is 0 Å². The highest BCUT2D eigenvalue weighted by molar-refractivity contribution is 7.20. The van der Waals surface area contributed by atoms with Crippen molar-refractivity contribution in [2.75, 3.05) is 0 Å². The molecule has 0 aliphatic heterocycles. The number of carboxylic acids is 1. The van der Waals surface area contributed by atoms with Crippen molar-refractivity contribution in [2.24, 2.45) is 5.92 Å². The summed E-state index contributed by atoms with van der Waals surface area (Å²) in [4.78, 5) is 23.4. The van der Waals surface area contributed by atoms with Crippen LogP contribution in [-0.4, -0.2) is 28.2 Å². The van der Waals surface area contributed by atoms with E-state index in [0.29, 0.717) is 36.9 Å². The van der Waals surface area contributed by atoms with E-state index in [1.807, 2.05) is 56.3 Å². The fourth-order valence-corrected chi connectivity index (χ4v) is 4.48. The lowest BCUT2D eigenvalue weighted by molar-refractivity contribution is -0.140. The maximum Gasteiger partial charge on any atom is 0.320 e. The van der Waals surface area contributed by atoms with Gasteiger partial charge < -0.3 is 15.7 Å². The van der Waals surface area contributed by atoms with E-state index >= 15 is 0 Å². The molecule has 1 heterocycles. The fourth-order valence-electron chi connectivity index (χ4n) is 3.46. The number of carbonyl (C=O) groups excluding carboxylic acids is 1. The molecule has 0 saturated carbocycles. The minimum atomic E-state index is -0.812. The molecule has 3 rings (SSSR count). The number of aliphatic carboxylic acids is 1. The SMILES string of the molecule is CC(C)C[C@H](NCc1ccc(CNCc2ccc3cc(C(=O)NO)sc3c2)cc1)C(=O)O. The number of hydrogen-bond donors (Lipinski definition) is 5. The Morgan fingerprint density at radius 2 is 1.56 bits per heavy atom. The van der Waals surface area contributed by atoms with Gasteiger partial charge in [-0.05, 0) is 46.5 Å². The van der Waals surface area contributed by atoms with Gasteiger partial charge in [0, 0.05) is 24.3 Å². The Kier molecular flexibility index (Phi) is 8.35. The Labute approximate surface area is 191 Å². The molecule has 0 spiro atoms. The number of benzene rings is 2. The van der Waals surface area contributed by atoms with E-state index < -0.39 is 17.9 Å². The van der Waals surface area contributed by atoms with Crippen LogP contribution in [0.1, 0.15) is 46.6 Å². The highest BCUT2D eigenvalue weighted by atomic mass is 32.1. The Morgan fingerprint density at radius 1 is 0.938 bits per heavy atom. The van der Waals surface area contributed by atoms with Crippen LogP contribution in [0, 0.1) is 5.92 Å². The Morgan fingerprint density at radius 3 is 2.19 bits per heavy atom. The number of nitrogens with one attached hydrogen (secondary N) is 3. The minimum Gasteiger partial charge on any atom is -0.480 e. The minimum absolute atomic E-state index is 0.319. The quantitative estimate of drug-likeness (QED) is 0.222. The molecule has 0 aliphatic rings. The third kappa shape index (κ3) is 6.61. The van der Waals surface area contributed by atoms with E-state index in [1.165, 1.54) is 11.3 Å². The zero-order valence-corrected chi connectivity index (χ0v) is 19.0. The van der Waals surface area contributed by atoms with Crippen LogP contribution < -0.4 is 16.1 Å². The maximum absolute atomic E-state index is 11.6. The number of carboxylic acid groups (broad SMARTS) is 1. The van der Waals surface area contributed by atoms with Crippen molar-refractivity contribution in [2.45, 2.75) is 45.9 Å². The molecule has 5 N–H and O–H groups in total. The van der Waals surface area contributed by atoms with Gasteiger partial charge in [0.15, 0.2) is 0 Å². The van der Waals surface area contributed by atoms with Crippen LogP contribution >= 0.6 is 11.3 Å². The number of thiophene rings is 1. The lowest BCUT2D eigenvalue weighted by Gasteiger charge is -2.16. The van der Waals surface area contributed by atoms with Crippen LogP contribution in [0.25, 0.3) is 10.1 Å². The zero-order valence-electron chi connectivity index (χ0n) is 18.2. The van der Waals surface area contributed by atoms with Crippen molar-refractivity contribution in [1.82, 2.24) is 16.1 Å². The van der Waals surface area contributed by atoms with Gasteiger partial charge in [-0.3, -0.25) is 14.8 Å². The van der Waals surface area contributed by atoms with Gasteiger partial charge in [-0.2, -0.15) is 0 Å². The van der Waals surface area contributed by atoms with Gasteiger partial charge in [0.1, 0.15) is 6.04 Å². The number of rotatable bonds is 11. The van der Waals surface area contributed by atoms with E-state index in [2.05, 4.69) is 10.6 Å². The van der Waals surface area contributed by atoms with Crippen LogP contribution in [-0.2, 0) is 24.4 Å². The second-order valence-electron chi connectivity index (χ2n) is 8.25. The Bertz CT molecular complexity index is 1060. The number of carbonyl (C=O) groups is 2. The Hall–Kier alpha value is -2.78. The molecule has 3 aromatic rings.